The summed E-state index contributed by atoms with van der Waals surface area (Å²) in [5, 5.41) is 18.9. The van der Waals surface area contributed by atoms with Crippen molar-refractivity contribution in [1.29, 1.82) is 0 Å². The number of amides is 1. The van der Waals surface area contributed by atoms with E-state index < -0.39 is 34.5 Å². The summed E-state index contributed by atoms with van der Waals surface area (Å²) in [5.41, 5.74) is 0.214. The molecule has 0 spiro atoms. The van der Waals surface area contributed by atoms with Gasteiger partial charge in [0.05, 0.1) is 29.2 Å². The number of carbonyl (C=O) groups is 1. The number of methoxy groups -OCH3 is 1. The summed E-state index contributed by atoms with van der Waals surface area (Å²) in [6.07, 6.45) is 1.68. The van der Waals surface area contributed by atoms with Crippen molar-refractivity contribution in [3.05, 3.63) is 96.7 Å². The number of halogens is 2. The van der Waals surface area contributed by atoms with Crippen molar-refractivity contribution in [2.45, 2.75) is 13.3 Å². The number of benzene rings is 3. The SMILES string of the molecule is CCc1nc2ccc(Br)cc2c(=O)n1N=Cc1cc(OC)c(OCC(=O)Nc2ccc(F)cc2)c([N+](=O)[O-])c1. The van der Waals surface area contributed by atoms with Gasteiger partial charge in [-0.25, -0.2) is 9.37 Å². The molecule has 0 unspecified atom stereocenters. The first-order chi connectivity index (χ1) is 18.7. The summed E-state index contributed by atoms with van der Waals surface area (Å²) in [6, 6.07) is 12.8. The summed E-state index contributed by atoms with van der Waals surface area (Å²) in [4.78, 5) is 41.0. The summed E-state index contributed by atoms with van der Waals surface area (Å²) >= 11 is 3.34. The molecule has 1 heterocycles. The molecule has 1 aromatic heterocycles. The Labute approximate surface area is 229 Å². The Balaban J connectivity index is 1.63. The number of hydrogen-bond acceptors (Lipinski definition) is 8. The molecular formula is C26H21BrFN5O6. The highest BCUT2D eigenvalue weighted by atomic mass is 79.9. The quantitative estimate of drug-likeness (QED) is 0.168. The van der Waals surface area contributed by atoms with E-state index in [4.69, 9.17) is 9.47 Å². The van der Waals surface area contributed by atoms with Crippen molar-refractivity contribution in [2.75, 3.05) is 19.0 Å². The minimum atomic E-state index is -0.689. The number of nitro groups is 1. The second-order valence-electron chi connectivity index (χ2n) is 8.08. The predicted octanol–water partition coefficient (Wildman–Crippen LogP) is 4.68. The number of aryl methyl sites for hydroxylation is 1. The minimum Gasteiger partial charge on any atom is -0.493 e. The van der Waals surface area contributed by atoms with Crippen LogP contribution in [0.3, 0.4) is 0 Å². The van der Waals surface area contributed by atoms with Gasteiger partial charge < -0.3 is 14.8 Å². The lowest BCUT2D eigenvalue weighted by atomic mass is 10.2. The smallest absolute Gasteiger partial charge is 0.315 e. The molecule has 1 amide bonds. The highest BCUT2D eigenvalue weighted by Gasteiger charge is 2.23. The summed E-state index contributed by atoms with van der Waals surface area (Å²) in [6.45, 7) is 1.25. The fourth-order valence-corrected chi connectivity index (χ4v) is 4.01. The van der Waals surface area contributed by atoms with Gasteiger partial charge in [0.2, 0.25) is 5.75 Å². The Bertz CT molecular complexity index is 1660. The topological polar surface area (TPSA) is 138 Å². The van der Waals surface area contributed by atoms with Crippen LogP contribution in [0.2, 0.25) is 0 Å². The molecule has 0 aliphatic carbocycles. The molecule has 200 valence electrons. The Morgan fingerprint density at radius 3 is 2.64 bits per heavy atom. The average molecular weight is 598 g/mol. The number of aromatic nitrogens is 2. The predicted molar refractivity (Wildman–Crippen MR) is 146 cm³/mol. The van der Waals surface area contributed by atoms with Crippen molar-refractivity contribution in [3.63, 3.8) is 0 Å². The summed E-state index contributed by atoms with van der Waals surface area (Å²) < 4.78 is 25.6. The van der Waals surface area contributed by atoms with E-state index >= 15 is 0 Å². The zero-order valence-corrected chi connectivity index (χ0v) is 22.3. The van der Waals surface area contributed by atoms with E-state index in [2.05, 4.69) is 31.3 Å². The van der Waals surface area contributed by atoms with E-state index in [0.717, 1.165) is 4.68 Å². The van der Waals surface area contributed by atoms with Gasteiger partial charge in [-0.2, -0.15) is 9.78 Å². The number of fused-ring (bicyclic) bond motifs is 1. The largest absolute Gasteiger partial charge is 0.493 e. The molecule has 39 heavy (non-hydrogen) atoms. The summed E-state index contributed by atoms with van der Waals surface area (Å²) in [5.74, 6) is -0.972. The third-order valence-electron chi connectivity index (χ3n) is 5.46. The van der Waals surface area contributed by atoms with Crippen LogP contribution in [0.1, 0.15) is 18.3 Å². The Kier molecular flexibility index (Phi) is 8.30. The monoisotopic (exact) mass is 597 g/mol. The third kappa shape index (κ3) is 6.26. The molecule has 3 aromatic carbocycles. The van der Waals surface area contributed by atoms with Crippen LogP contribution >= 0.6 is 15.9 Å². The molecule has 11 nitrogen and oxygen atoms in total. The van der Waals surface area contributed by atoms with Crippen molar-refractivity contribution in [2.24, 2.45) is 5.10 Å². The van der Waals surface area contributed by atoms with Crippen LogP contribution in [0, 0.1) is 15.9 Å². The highest BCUT2D eigenvalue weighted by Crippen LogP contribution is 2.38. The van der Waals surface area contributed by atoms with Crippen LogP contribution in [-0.4, -0.2) is 40.4 Å². The molecule has 0 fully saturated rings. The highest BCUT2D eigenvalue weighted by molar-refractivity contribution is 9.10. The lowest BCUT2D eigenvalue weighted by molar-refractivity contribution is -0.385. The number of anilines is 1. The standard InChI is InChI=1S/C26H21BrFN5O6/c1-3-23-31-20-9-4-16(27)12-19(20)26(35)32(23)29-13-15-10-21(33(36)37)25(22(11-15)38-2)39-14-24(34)30-18-7-5-17(28)6-8-18/h4-13H,3,14H2,1-2H3,(H,30,34). The molecule has 0 atom stereocenters. The number of hydrogen-bond donors (Lipinski definition) is 1. The molecule has 13 heteroatoms. The molecule has 0 aliphatic heterocycles. The maximum atomic E-state index is 13.1. The van der Waals surface area contributed by atoms with E-state index in [9.17, 15) is 24.1 Å². The average Bonchev–Trinajstić information content (AvgIpc) is 2.92. The molecule has 0 radical (unpaired) electrons. The maximum Gasteiger partial charge on any atom is 0.315 e. The molecule has 4 rings (SSSR count). The second kappa shape index (κ2) is 11.8. The molecule has 4 aromatic rings. The van der Waals surface area contributed by atoms with Gasteiger partial charge in [0.15, 0.2) is 12.4 Å². The van der Waals surface area contributed by atoms with Crippen molar-refractivity contribution in [3.8, 4) is 11.5 Å². The van der Waals surface area contributed by atoms with Gasteiger partial charge in [-0.1, -0.05) is 22.9 Å². The van der Waals surface area contributed by atoms with E-state index in [1.54, 1.807) is 18.2 Å². The number of nitrogens with zero attached hydrogens (tertiary/aromatic N) is 4. The van der Waals surface area contributed by atoms with Gasteiger partial charge in [-0.15, -0.1) is 0 Å². The molecule has 0 saturated heterocycles. The van der Waals surface area contributed by atoms with Crippen LogP contribution in [0.15, 0.2) is 69.0 Å². The number of nitrogens with one attached hydrogen (secondary N) is 1. The van der Waals surface area contributed by atoms with E-state index in [0.29, 0.717) is 33.3 Å². The fraction of sp³-hybridized carbons (Fsp3) is 0.154. The van der Waals surface area contributed by atoms with Gasteiger partial charge in [-0.3, -0.25) is 19.7 Å². The molecular weight excluding hydrogens is 577 g/mol. The Morgan fingerprint density at radius 2 is 1.97 bits per heavy atom. The van der Waals surface area contributed by atoms with Crippen molar-refractivity contribution < 1.29 is 23.6 Å². The normalized spacial score (nSPS) is 11.1. The lowest BCUT2D eigenvalue weighted by Crippen LogP contribution is -2.22. The van der Waals surface area contributed by atoms with Crippen LogP contribution < -0.4 is 20.3 Å². The number of rotatable bonds is 9. The number of nitro benzene ring substituents is 1. The zero-order chi connectivity index (χ0) is 28.1. The van der Waals surface area contributed by atoms with E-state index in [1.165, 1.54) is 49.7 Å². The second-order valence-corrected chi connectivity index (χ2v) is 8.99. The van der Waals surface area contributed by atoms with Crippen LogP contribution in [0.5, 0.6) is 11.5 Å². The zero-order valence-electron chi connectivity index (χ0n) is 20.7. The van der Waals surface area contributed by atoms with E-state index in [-0.39, 0.29) is 17.1 Å². The van der Waals surface area contributed by atoms with Gasteiger partial charge in [-0.05, 0) is 48.5 Å². The molecule has 1 N–H and O–H groups in total. The Morgan fingerprint density at radius 1 is 1.23 bits per heavy atom. The first-order valence-corrected chi connectivity index (χ1v) is 12.3. The molecule has 0 saturated carbocycles. The lowest BCUT2D eigenvalue weighted by Gasteiger charge is -2.12. The molecule has 0 bridgehead atoms. The third-order valence-corrected chi connectivity index (χ3v) is 5.96. The first-order valence-electron chi connectivity index (χ1n) is 11.5. The minimum absolute atomic E-state index is 0.0242. The van der Waals surface area contributed by atoms with Crippen molar-refractivity contribution >= 4 is 50.3 Å². The summed E-state index contributed by atoms with van der Waals surface area (Å²) in [7, 11) is 1.29. The van der Waals surface area contributed by atoms with Gasteiger partial charge in [0.25, 0.3) is 11.5 Å². The van der Waals surface area contributed by atoms with Crippen molar-refractivity contribution in [1.82, 2.24) is 9.66 Å². The van der Waals surface area contributed by atoms with Gasteiger partial charge >= 0.3 is 5.69 Å². The van der Waals surface area contributed by atoms with Crippen LogP contribution in [0.25, 0.3) is 10.9 Å². The number of carbonyl (C=O) groups excluding carboxylic acids is 1. The fourth-order valence-electron chi connectivity index (χ4n) is 3.65. The Hall–Kier alpha value is -4.65. The van der Waals surface area contributed by atoms with Gasteiger partial charge in [0.1, 0.15) is 11.6 Å². The molecule has 0 aliphatic rings. The van der Waals surface area contributed by atoms with Crippen LogP contribution in [-0.2, 0) is 11.2 Å². The maximum absolute atomic E-state index is 13.1. The first kappa shape index (κ1) is 27.4. The van der Waals surface area contributed by atoms with Crippen LogP contribution in [0.4, 0.5) is 15.8 Å². The van der Waals surface area contributed by atoms with Gasteiger partial charge in [0, 0.05) is 28.2 Å². The van der Waals surface area contributed by atoms with E-state index in [1.807, 2.05) is 6.92 Å². The number of ether oxygens (including phenoxy) is 2.